The maximum atomic E-state index is 12.9. The van der Waals surface area contributed by atoms with Crippen LogP contribution in [-0.4, -0.2) is 47.0 Å². The molecule has 0 saturated carbocycles. The topological polar surface area (TPSA) is 49.6 Å². The molecule has 2 fully saturated rings. The van der Waals surface area contributed by atoms with Gasteiger partial charge >= 0.3 is 0 Å². The van der Waals surface area contributed by atoms with E-state index in [0.717, 1.165) is 44.8 Å². The maximum absolute atomic E-state index is 12.9. The lowest BCUT2D eigenvalue weighted by atomic mass is 9.79. The van der Waals surface area contributed by atoms with E-state index in [-0.39, 0.29) is 17.2 Å². The molecule has 28 heavy (non-hydrogen) atoms. The standard InChI is InChI=1S/C23H31N3O2/c1-17(2)20-13-21(28-24-20)22(27)26-11-9-23(16-26)8-5-10-25(15-23)14-19-7-4-6-18(3)12-19/h4,6-7,12-13,17H,5,8-11,14-16H2,1-3H3/t23-/m1/s1. The molecule has 1 atom stereocenters. The number of likely N-dealkylation sites (tertiary alicyclic amines) is 2. The Morgan fingerprint density at radius 3 is 2.82 bits per heavy atom. The molecular weight excluding hydrogens is 350 g/mol. The Bertz CT molecular complexity index is 844. The largest absolute Gasteiger partial charge is 0.351 e. The van der Waals surface area contributed by atoms with E-state index >= 15 is 0 Å². The summed E-state index contributed by atoms with van der Waals surface area (Å²) in [5, 5.41) is 4.05. The molecule has 5 heteroatoms. The molecule has 2 aliphatic rings. The molecule has 0 bridgehead atoms. The summed E-state index contributed by atoms with van der Waals surface area (Å²) in [4.78, 5) is 17.4. The van der Waals surface area contributed by atoms with Gasteiger partial charge in [-0.15, -0.1) is 0 Å². The summed E-state index contributed by atoms with van der Waals surface area (Å²) in [5.41, 5.74) is 3.76. The molecule has 2 aromatic rings. The Kier molecular flexibility index (Phi) is 5.28. The van der Waals surface area contributed by atoms with Crippen LogP contribution < -0.4 is 0 Å². The fourth-order valence-electron chi connectivity index (χ4n) is 4.77. The molecule has 2 aliphatic heterocycles. The van der Waals surface area contributed by atoms with Gasteiger partial charge in [-0.25, -0.2) is 0 Å². The second-order valence-electron chi connectivity index (χ2n) is 9.05. The van der Waals surface area contributed by atoms with Gasteiger partial charge in [-0.1, -0.05) is 48.8 Å². The van der Waals surface area contributed by atoms with Crippen LogP contribution in [0.5, 0.6) is 0 Å². The third kappa shape index (κ3) is 4.00. The highest BCUT2D eigenvalue weighted by Gasteiger charge is 2.43. The van der Waals surface area contributed by atoms with Crippen molar-refractivity contribution in [2.45, 2.75) is 52.5 Å². The van der Waals surface area contributed by atoms with Crippen molar-refractivity contribution < 1.29 is 9.32 Å². The van der Waals surface area contributed by atoms with Gasteiger partial charge in [-0.3, -0.25) is 9.69 Å². The third-order valence-electron chi connectivity index (χ3n) is 6.29. The molecule has 1 amide bonds. The first-order valence-corrected chi connectivity index (χ1v) is 10.5. The summed E-state index contributed by atoms with van der Waals surface area (Å²) in [6, 6.07) is 10.6. The number of carbonyl (C=O) groups is 1. The van der Waals surface area contributed by atoms with Gasteiger partial charge in [0.2, 0.25) is 5.76 Å². The number of piperidine rings is 1. The van der Waals surface area contributed by atoms with Crippen LogP contribution >= 0.6 is 0 Å². The summed E-state index contributed by atoms with van der Waals surface area (Å²) in [6.45, 7) is 11.1. The number of hydrogen-bond acceptors (Lipinski definition) is 4. The molecule has 2 saturated heterocycles. The molecule has 0 N–H and O–H groups in total. The van der Waals surface area contributed by atoms with Crippen LogP contribution in [0.3, 0.4) is 0 Å². The number of carbonyl (C=O) groups excluding carboxylic acids is 1. The van der Waals surface area contributed by atoms with Gasteiger partial charge in [0.25, 0.3) is 5.91 Å². The lowest BCUT2D eigenvalue weighted by Gasteiger charge is -2.40. The molecule has 0 unspecified atom stereocenters. The van der Waals surface area contributed by atoms with Crippen LogP contribution in [0.4, 0.5) is 0 Å². The fourth-order valence-corrected chi connectivity index (χ4v) is 4.77. The third-order valence-corrected chi connectivity index (χ3v) is 6.29. The van der Waals surface area contributed by atoms with Crippen LogP contribution in [0.2, 0.25) is 0 Å². The molecule has 0 aliphatic carbocycles. The Hall–Kier alpha value is -2.14. The van der Waals surface area contributed by atoms with Crippen molar-refractivity contribution in [1.82, 2.24) is 15.0 Å². The van der Waals surface area contributed by atoms with Gasteiger partial charge in [-0.2, -0.15) is 0 Å². The van der Waals surface area contributed by atoms with E-state index in [9.17, 15) is 4.79 Å². The average molecular weight is 382 g/mol. The van der Waals surface area contributed by atoms with Crippen molar-refractivity contribution in [1.29, 1.82) is 0 Å². The lowest BCUT2D eigenvalue weighted by molar-refractivity contribution is 0.0644. The second-order valence-corrected chi connectivity index (χ2v) is 9.05. The van der Waals surface area contributed by atoms with E-state index in [4.69, 9.17) is 4.52 Å². The Morgan fingerprint density at radius 2 is 2.07 bits per heavy atom. The lowest BCUT2D eigenvalue weighted by Crippen LogP contribution is -2.45. The van der Waals surface area contributed by atoms with Gasteiger partial charge < -0.3 is 9.42 Å². The fraction of sp³-hybridized carbons (Fsp3) is 0.565. The van der Waals surface area contributed by atoms with E-state index in [1.54, 1.807) is 0 Å². The first kappa shape index (κ1) is 19.2. The van der Waals surface area contributed by atoms with Crippen molar-refractivity contribution in [2.24, 2.45) is 5.41 Å². The summed E-state index contributed by atoms with van der Waals surface area (Å²) in [7, 11) is 0. The van der Waals surface area contributed by atoms with E-state index in [2.05, 4.69) is 55.1 Å². The van der Waals surface area contributed by atoms with Gasteiger partial charge in [0.05, 0.1) is 5.69 Å². The highest BCUT2D eigenvalue weighted by molar-refractivity contribution is 5.91. The van der Waals surface area contributed by atoms with E-state index in [1.165, 1.54) is 24.0 Å². The zero-order valence-corrected chi connectivity index (χ0v) is 17.3. The highest BCUT2D eigenvalue weighted by Crippen LogP contribution is 2.40. The van der Waals surface area contributed by atoms with E-state index < -0.39 is 0 Å². The van der Waals surface area contributed by atoms with Crippen LogP contribution in [0.15, 0.2) is 34.9 Å². The first-order chi connectivity index (χ1) is 13.4. The van der Waals surface area contributed by atoms with E-state index in [1.807, 2.05) is 11.0 Å². The smallest absolute Gasteiger partial charge is 0.292 e. The predicted molar refractivity (Wildman–Crippen MR) is 109 cm³/mol. The van der Waals surface area contributed by atoms with Crippen molar-refractivity contribution in [3.63, 3.8) is 0 Å². The summed E-state index contributed by atoms with van der Waals surface area (Å²) < 4.78 is 5.34. The summed E-state index contributed by atoms with van der Waals surface area (Å²) in [5.74, 6) is 0.643. The van der Waals surface area contributed by atoms with Crippen molar-refractivity contribution >= 4 is 5.91 Å². The zero-order chi connectivity index (χ0) is 19.7. The monoisotopic (exact) mass is 381 g/mol. The van der Waals surface area contributed by atoms with Crippen LogP contribution in [0.1, 0.15) is 66.4 Å². The number of hydrogen-bond donors (Lipinski definition) is 0. The van der Waals surface area contributed by atoms with Crippen molar-refractivity contribution in [3.05, 3.63) is 52.9 Å². The summed E-state index contributed by atoms with van der Waals surface area (Å²) in [6.07, 6.45) is 3.48. The Labute approximate surface area is 167 Å². The van der Waals surface area contributed by atoms with E-state index in [0.29, 0.717) is 5.76 Å². The molecule has 5 nitrogen and oxygen atoms in total. The number of amides is 1. The maximum Gasteiger partial charge on any atom is 0.292 e. The minimum atomic E-state index is -0.00733. The van der Waals surface area contributed by atoms with Gasteiger partial charge in [-0.05, 0) is 44.2 Å². The SMILES string of the molecule is Cc1cccc(CN2CCC[C@@]3(CCN(C(=O)c4cc(C(C)C)no4)C3)C2)c1. The Balaban J connectivity index is 1.40. The molecule has 1 spiro atoms. The molecule has 150 valence electrons. The molecule has 1 aromatic carbocycles. The summed E-state index contributed by atoms with van der Waals surface area (Å²) >= 11 is 0. The molecule has 3 heterocycles. The molecule has 1 aromatic heterocycles. The number of nitrogens with zero attached hydrogens (tertiary/aromatic N) is 3. The highest BCUT2D eigenvalue weighted by atomic mass is 16.5. The zero-order valence-electron chi connectivity index (χ0n) is 17.3. The van der Waals surface area contributed by atoms with Gasteiger partial charge in [0.15, 0.2) is 0 Å². The molecular formula is C23H31N3O2. The average Bonchev–Trinajstić information content (AvgIpc) is 3.29. The minimum absolute atomic E-state index is 0.00733. The first-order valence-electron chi connectivity index (χ1n) is 10.5. The van der Waals surface area contributed by atoms with Crippen LogP contribution in [0, 0.1) is 12.3 Å². The molecule has 4 rings (SSSR count). The number of rotatable bonds is 4. The quantitative estimate of drug-likeness (QED) is 0.795. The molecule has 0 radical (unpaired) electrons. The number of aromatic nitrogens is 1. The minimum Gasteiger partial charge on any atom is -0.351 e. The van der Waals surface area contributed by atoms with Gasteiger partial charge in [0.1, 0.15) is 0 Å². The van der Waals surface area contributed by atoms with Crippen LogP contribution in [-0.2, 0) is 6.54 Å². The van der Waals surface area contributed by atoms with Crippen molar-refractivity contribution in [3.8, 4) is 0 Å². The normalized spacial score (nSPS) is 23.1. The number of benzene rings is 1. The van der Waals surface area contributed by atoms with Crippen molar-refractivity contribution in [2.75, 3.05) is 26.2 Å². The second kappa shape index (κ2) is 7.70. The van der Waals surface area contributed by atoms with Gasteiger partial charge in [0, 0.05) is 37.7 Å². The predicted octanol–water partition coefficient (Wildman–Crippen LogP) is 4.23. The number of aryl methyl sites for hydroxylation is 1. The van der Waals surface area contributed by atoms with Crippen LogP contribution in [0.25, 0.3) is 0 Å². The Morgan fingerprint density at radius 1 is 1.21 bits per heavy atom.